The molecule has 0 saturated heterocycles. The largest absolute Gasteiger partial charge is 0.343 e. The van der Waals surface area contributed by atoms with E-state index in [0.717, 1.165) is 0 Å². The molecule has 8 heteroatoms. The Kier molecular flexibility index (Phi) is 7.31. The van der Waals surface area contributed by atoms with Gasteiger partial charge in [0.2, 0.25) is 17.6 Å². The van der Waals surface area contributed by atoms with Gasteiger partial charge in [0.05, 0.1) is 6.04 Å². The summed E-state index contributed by atoms with van der Waals surface area (Å²) >= 11 is 0. The molecule has 2 aromatic rings. The predicted molar refractivity (Wildman–Crippen MR) is 90.9 cm³/mol. The van der Waals surface area contributed by atoms with Gasteiger partial charge in [0.1, 0.15) is 11.9 Å². The Morgan fingerprint density at radius 3 is 2.71 bits per heavy atom. The van der Waals surface area contributed by atoms with Crippen molar-refractivity contribution in [2.45, 2.75) is 39.3 Å². The average Bonchev–Trinajstić information content (AvgIpc) is 2.96. The molecule has 0 fully saturated rings. The van der Waals surface area contributed by atoms with Crippen LogP contribution >= 0.6 is 12.4 Å². The third kappa shape index (κ3) is 5.28. The number of benzene rings is 1. The quantitative estimate of drug-likeness (QED) is 0.830. The van der Waals surface area contributed by atoms with E-state index in [4.69, 9.17) is 10.3 Å². The van der Waals surface area contributed by atoms with E-state index in [9.17, 15) is 9.18 Å². The number of hydrogen-bond acceptors (Lipinski definition) is 5. The highest BCUT2D eigenvalue weighted by molar-refractivity contribution is 5.85. The number of nitrogens with one attached hydrogen (secondary N) is 1. The lowest BCUT2D eigenvalue weighted by Crippen LogP contribution is -2.42. The normalized spacial score (nSPS) is 13.2. The topological polar surface area (TPSA) is 94.0 Å². The van der Waals surface area contributed by atoms with Crippen molar-refractivity contribution in [1.82, 2.24) is 15.5 Å². The SMILES string of the molecule is CC(C)C[C@H](N)C(=O)NC(C)c1nc(-c2cccc(F)c2)no1.Cl. The molecule has 0 bridgehead atoms. The zero-order valence-corrected chi connectivity index (χ0v) is 14.6. The fourth-order valence-corrected chi connectivity index (χ4v) is 2.15. The smallest absolute Gasteiger partial charge is 0.249 e. The van der Waals surface area contributed by atoms with Crippen LogP contribution in [0.15, 0.2) is 28.8 Å². The monoisotopic (exact) mass is 356 g/mol. The van der Waals surface area contributed by atoms with E-state index in [1.807, 2.05) is 13.8 Å². The minimum Gasteiger partial charge on any atom is -0.343 e. The summed E-state index contributed by atoms with van der Waals surface area (Å²) in [5.41, 5.74) is 6.35. The van der Waals surface area contributed by atoms with Crippen molar-refractivity contribution in [3.63, 3.8) is 0 Å². The summed E-state index contributed by atoms with van der Waals surface area (Å²) in [7, 11) is 0. The van der Waals surface area contributed by atoms with Gasteiger partial charge in [-0.05, 0) is 31.4 Å². The number of carbonyl (C=O) groups excluding carboxylic acids is 1. The summed E-state index contributed by atoms with van der Waals surface area (Å²) in [6, 6.07) is 4.84. The van der Waals surface area contributed by atoms with E-state index in [0.29, 0.717) is 17.9 Å². The second-order valence-corrected chi connectivity index (χ2v) is 5.93. The third-order valence-corrected chi connectivity index (χ3v) is 3.32. The first kappa shape index (κ1) is 20.1. The zero-order chi connectivity index (χ0) is 17.0. The molecule has 0 saturated carbocycles. The number of amides is 1. The van der Waals surface area contributed by atoms with Crippen LogP contribution in [0, 0.1) is 11.7 Å². The first-order valence-electron chi connectivity index (χ1n) is 7.52. The Labute approximate surface area is 146 Å². The summed E-state index contributed by atoms with van der Waals surface area (Å²) in [6.45, 7) is 5.72. The van der Waals surface area contributed by atoms with Crippen LogP contribution in [0.4, 0.5) is 4.39 Å². The molecule has 0 spiro atoms. The van der Waals surface area contributed by atoms with Gasteiger partial charge in [0, 0.05) is 5.56 Å². The van der Waals surface area contributed by atoms with E-state index in [2.05, 4.69) is 15.5 Å². The van der Waals surface area contributed by atoms with Crippen LogP contribution in [-0.2, 0) is 4.79 Å². The number of rotatable bonds is 6. The van der Waals surface area contributed by atoms with Gasteiger partial charge in [-0.15, -0.1) is 12.4 Å². The molecule has 132 valence electrons. The molecule has 6 nitrogen and oxygen atoms in total. The molecule has 2 rings (SSSR count). The molecule has 1 unspecified atom stereocenters. The van der Waals surface area contributed by atoms with Gasteiger partial charge in [-0.3, -0.25) is 4.79 Å². The molecule has 0 aliphatic rings. The van der Waals surface area contributed by atoms with Crippen LogP contribution in [0.2, 0.25) is 0 Å². The first-order valence-corrected chi connectivity index (χ1v) is 7.52. The lowest BCUT2D eigenvalue weighted by atomic mass is 10.0. The maximum atomic E-state index is 13.2. The Morgan fingerprint density at radius 2 is 2.08 bits per heavy atom. The number of carbonyl (C=O) groups is 1. The van der Waals surface area contributed by atoms with E-state index in [1.54, 1.807) is 19.1 Å². The van der Waals surface area contributed by atoms with Crippen LogP contribution in [0.1, 0.15) is 39.1 Å². The van der Waals surface area contributed by atoms with Gasteiger partial charge in [0.25, 0.3) is 0 Å². The molecule has 24 heavy (non-hydrogen) atoms. The highest BCUT2D eigenvalue weighted by atomic mass is 35.5. The highest BCUT2D eigenvalue weighted by Crippen LogP contribution is 2.19. The van der Waals surface area contributed by atoms with Gasteiger partial charge >= 0.3 is 0 Å². The van der Waals surface area contributed by atoms with Crippen molar-refractivity contribution < 1.29 is 13.7 Å². The molecule has 2 atom stereocenters. The summed E-state index contributed by atoms with van der Waals surface area (Å²) in [5, 5.41) is 6.56. The number of nitrogens with zero attached hydrogens (tertiary/aromatic N) is 2. The number of nitrogens with two attached hydrogens (primary N) is 1. The van der Waals surface area contributed by atoms with Gasteiger partial charge in [-0.2, -0.15) is 4.98 Å². The van der Waals surface area contributed by atoms with Crippen molar-refractivity contribution in [3.05, 3.63) is 36.0 Å². The molecular formula is C16H22ClFN4O2. The minimum absolute atomic E-state index is 0. The number of aromatic nitrogens is 2. The average molecular weight is 357 g/mol. The second-order valence-electron chi connectivity index (χ2n) is 5.93. The minimum atomic E-state index is -0.580. The van der Waals surface area contributed by atoms with Crippen LogP contribution in [0.3, 0.4) is 0 Å². The molecule has 0 radical (unpaired) electrons. The van der Waals surface area contributed by atoms with Gasteiger partial charge < -0.3 is 15.6 Å². The van der Waals surface area contributed by atoms with Gasteiger partial charge in [0.15, 0.2) is 0 Å². The van der Waals surface area contributed by atoms with E-state index in [1.165, 1.54) is 12.1 Å². The molecular weight excluding hydrogens is 335 g/mol. The molecule has 3 N–H and O–H groups in total. The fraction of sp³-hybridized carbons (Fsp3) is 0.438. The third-order valence-electron chi connectivity index (χ3n) is 3.32. The van der Waals surface area contributed by atoms with Crippen molar-refractivity contribution in [3.8, 4) is 11.4 Å². The fourth-order valence-electron chi connectivity index (χ4n) is 2.15. The van der Waals surface area contributed by atoms with E-state index >= 15 is 0 Å². The molecule has 0 aliphatic heterocycles. The Bertz CT molecular complexity index is 678. The van der Waals surface area contributed by atoms with Crippen LogP contribution in [0.5, 0.6) is 0 Å². The predicted octanol–water partition coefficient (Wildman–Crippen LogP) is 2.85. The summed E-state index contributed by atoms with van der Waals surface area (Å²) in [6.07, 6.45) is 0.594. The van der Waals surface area contributed by atoms with Crippen LogP contribution in [0.25, 0.3) is 11.4 Å². The van der Waals surface area contributed by atoms with Crippen LogP contribution < -0.4 is 11.1 Å². The zero-order valence-electron chi connectivity index (χ0n) is 13.8. The molecule has 1 aromatic carbocycles. The van der Waals surface area contributed by atoms with Gasteiger partial charge in [-0.1, -0.05) is 31.1 Å². The van der Waals surface area contributed by atoms with Crippen molar-refractivity contribution in [2.75, 3.05) is 0 Å². The summed E-state index contributed by atoms with van der Waals surface area (Å²) < 4.78 is 18.4. The lowest BCUT2D eigenvalue weighted by Gasteiger charge is -2.16. The van der Waals surface area contributed by atoms with E-state index < -0.39 is 12.1 Å². The Balaban J connectivity index is 0.00000288. The van der Waals surface area contributed by atoms with E-state index in [-0.39, 0.29) is 35.8 Å². The summed E-state index contributed by atoms with van der Waals surface area (Å²) in [4.78, 5) is 16.2. The second kappa shape index (κ2) is 8.75. The standard InChI is InChI=1S/C16H21FN4O2.ClH/c1-9(2)7-13(18)15(22)19-10(3)16-20-14(21-23-16)11-5-4-6-12(17)8-11;/h4-6,8-10,13H,7,18H2,1-3H3,(H,19,22);1H/t10?,13-;/m0./s1. The number of hydrogen-bond donors (Lipinski definition) is 2. The maximum absolute atomic E-state index is 13.2. The molecule has 1 amide bonds. The van der Waals surface area contributed by atoms with Gasteiger partial charge in [-0.25, -0.2) is 4.39 Å². The maximum Gasteiger partial charge on any atom is 0.249 e. The summed E-state index contributed by atoms with van der Waals surface area (Å²) in [5.74, 6) is 0.196. The molecule has 1 aromatic heterocycles. The first-order chi connectivity index (χ1) is 10.9. The lowest BCUT2D eigenvalue weighted by molar-refractivity contribution is -0.123. The Morgan fingerprint density at radius 1 is 1.38 bits per heavy atom. The molecule has 1 heterocycles. The van der Waals surface area contributed by atoms with Crippen molar-refractivity contribution in [2.24, 2.45) is 11.7 Å². The molecule has 0 aliphatic carbocycles. The van der Waals surface area contributed by atoms with Crippen molar-refractivity contribution in [1.29, 1.82) is 0 Å². The van der Waals surface area contributed by atoms with Crippen molar-refractivity contribution >= 4 is 18.3 Å². The Hall–Kier alpha value is -1.99. The van der Waals surface area contributed by atoms with Crippen LogP contribution in [-0.4, -0.2) is 22.1 Å². The highest BCUT2D eigenvalue weighted by Gasteiger charge is 2.21. The number of halogens is 2.